The molecule has 0 amide bonds. The van der Waals surface area contributed by atoms with Crippen molar-refractivity contribution in [3.05, 3.63) is 187 Å². The van der Waals surface area contributed by atoms with Crippen molar-refractivity contribution in [1.29, 1.82) is 0 Å². The van der Waals surface area contributed by atoms with E-state index in [-0.39, 0.29) is 0 Å². The van der Waals surface area contributed by atoms with Crippen LogP contribution in [0.25, 0.3) is 60.4 Å². The predicted molar refractivity (Wildman–Crippen MR) is 221 cm³/mol. The molecule has 0 bridgehead atoms. The van der Waals surface area contributed by atoms with E-state index in [0.717, 1.165) is 36.3 Å². The Labute approximate surface area is 304 Å². The van der Waals surface area contributed by atoms with Crippen molar-refractivity contribution in [2.75, 3.05) is 4.90 Å². The number of aromatic nitrogens is 2. The highest BCUT2D eigenvalue weighted by molar-refractivity contribution is 6.11. The van der Waals surface area contributed by atoms with Crippen LogP contribution in [0.2, 0.25) is 0 Å². The van der Waals surface area contributed by atoms with Gasteiger partial charge in [0.1, 0.15) is 0 Å². The molecule has 0 N–H and O–H groups in total. The van der Waals surface area contributed by atoms with Crippen molar-refractivity contribution < 1.29 is 0 Å². The maximum Gasteiger partial charge on any atom is 0.0541 e. The van der Waals surface area contributed by atoms with Crippen LogP contribution in [0.4, 0.5) is 11.4 Å². The third-order valence-electron chi connectivity index (χ3n) is 11.1. The molecular formula is C49H39N3. The van der Waals surface area contributed by atoms with E-state index in [0.29, 0.717) is 5.92 Å². The lowest BCUT2D eigenvalue weighted by Gasteiger charge is -2.28. The highest BCUT2D eigenvalue weighted by Crippen LogP contribution is 2.40. The standard InChI is InChI=1S/C49H39N3/c1-50-46-20-12-11-19-42(46)43-28-27-41(33-49(43)50)51(38-17-9-4-10-18-38)39-23-25-40(26-24-39)52-47-29-21-36(34-13-5-2-6-14-34)31-44(47)45-32-37(22-30-48(45)52)35-15-7-3-8-16-35/h2-3,5-9,11-15,17-33,35H,4,10,16H2,1H3. The predicted octanol–water partition coefficient (Wildman–Crippen LogP) is 13.1. The summed E-state index contributed by atoms with van der Waals surface area (Å²) in [4.78, 5) is 2.41. The molecule has 2 aliphatic carbocycles. The van der Waals surface area contributed by atoms with Gasteiger partial charge in [-0.2, -0.15) is 0 Å². The lowest BCUT2D eigenvalue weighted by atomic mass is 9.91. The number of rotatable bonds is 6. The molecule has 1 unspecified atom stereocenters. The summed E-state index contributed by atoms with van der Waals surface area (Å²) in [6.07, 6.45) is 19.0. The van der Waals surface area contributed by atoms with Gasteiger partial charge in [0.2, 0.25) is 0 Å². The van der Waals surface area contributed by atoms with E-state index in [4.69, 9.17) is 0 Å². The van der Waals surface area contributed by atoms with Crippen molar-refractivity contribution in [1.82, 2.24) is 9.13 Å². The lowest BCUT2D eigenvalue weighted by Crippen LogP contribution is -2.16. The summed E-state index contributed by atoms with van der Waals surface area (Å²) in [6, 6.07) is 49.5. The average molecular weight is 670 g/mol. The zero-order valence-electron chi connectivity index (χ0n) is 29.3. The topological polar surface area (TPSA) is 13.1 Å². The van der Waals surface area contributed by atoms with Crippen LogP contribution >= 0.6 is 0 Å². The first kappa shape index (κ1) is 30.5. The summed E-state index contributed by atoms with van der Waals surface area (Å²) in [5, 5.41) is 5.14. The second-order valence-electron chi connectivity index (χ2n) is 14.1. The normalized spacial score (nSPS) is 15.6. The summed E-state index contributed by atoms with van der Waals surface area (Å²) in [5.74, 6) is 0.395. The highest BCUT2D eigenvalue weighted by atomic mass is 15.1. The van der Waals surface area contributed by atoms with E-state index >= 15 is 0 Å². The van der Waals surface area contributed by atoms with Crippen molar-refractivity contribution in [3.63, 3.8) is 0 Å². The smallest absolute Gasteiger partial charge is 0.0541 e. The molecule has 250 valence electrons. The maximum absolute atomic E-state index is 2.44. The van der Waals surface area contributed by atoms with Gasteiger partial charge >= 0.3 is 0 Å². The molecule has 2 aliphatic rings. The van der Waals surface area contributed by atoms with Gasteiger partial charge in [-0.05, 0) is 109 Å². The van der Waals surface area contributed by atoms with Crippen molar-refractivity contribution in [3.8, 4) is 16.8 Å². The molecule has 3 heteroatoms. The fraction of sp³-hybridized carbons (Fsp3) is 0.102. The zero-order valence-corrected chi connectivity index (χ0v) is 29.3. The Morgan fingerprint density at radius 2 is 1.33 bits per heavy atom. The van der Waals surface area contributed by atoms with Gasteiger partial charge in [-0.25, -0.2) is 0 Å². The van der Waals surface area contributed by atoms with Gasteiger partial charge in [0, 0.05) is 62.8 Å². The van der Waals surface area contributed by atoms with Gasteiger partial charge in [0.15, 0.2) is 0 Å². The number of hydrogen-bond donors (Lipinski definition) is 0. The van der Waals surface area contributed by atoms with Gasteiger partial charge in [0.25, 0.3) is 0 Å². The molecule has 0 aliphatic heterocycles. The van der Waals surface area contributed by atoms with Crippen LogP contribution in [0, 0.1) is 0 Å². The minimum absolute atomic E-state index is 0.395. The number of anilines is 2. The van der Waals surface area contributed by atoms with Crippen LogP contribution in [0.3, 0.4) is 0 Å². The molecule has 10 rings (SSSR count). The molecule has 3 nitrogen and oxygen atoms in total. The second kappa shape index (κ2) is 12.5. The highest BCUT2D eigenvalue weighted by Gasteiger charge is 2.20. The number of hydrogen-bond acceptors (Lipinski definition) is 1. The van der Waals surface area contributed by atoms with E-state index in [1.807, 2.05) is 0 Å². The van der Waals surface area contributed by atoms with E-state index in [1.54, 1.807) is 0 Å². The second-order valence-corrected chi connectivity index (χ2v) is 14.1. The molecule has 0 saturated carbocycles. The number of allylic oxidation sites excluding steroid dienone is 7. The van der Waals surface area contributed by atoms with Crippen molar-refractivity contribution in [2.45, 2.75) is 25.2 Å². The summed E-state index contributed by atoms with van der Waals surface area (Å²) < 4.78 is 4.76. The first-order chi connectivity index (χ1) is 25.7. The van der Waals surface area contributed by atoms with E-state index in [2.05, 4.69) is 197 Å². The Morgan fingerprint density at radius 3 is 2.13 bits per heavy atom. The molecule has 2 aromatic heterocycles. The molecule has 0 spiro atoms. The Morgan fingerprint density at radius 1 is 0.558 bits per heavy atom. The van der Waals surface area contributed by atoms with E-state index in [1.165, 1.54) is 66.0 Å². The number of fused-ring (bicyclic) bond motifs is 6. The molecule has 0 saturated heterocycles. The van der Waals surface area contributed by atoms with Gasteiger partial charge < -0.3 is 14.0 Å². The summed E-state index contributed by atoms with van der Waals surface area (Å²) in [5.41, 5.74) is 13.4. The lowest BCUT2D eigenvalue weighted by molar-refractivity contribution is 0.855. The summed E-state index contributed by atoms with van der Waals surface area (Å²) >= 11 is 0. The fourth-order valence-corrected chi connectivity index (χ4v) is 8.44. The van der Waals surface area contributed by atoms with Gasteiger partial charge in [-0.3, -0.25) is 0 Å². The van der Waals surface area contributed by atoms with Crippen molar-refractivity contribution in [2.24, 2.45) is 7.05 Å². The summed E-state index contributed by atoms with van der Waals surface area (Å²) in [7, 11) is 2.17. The molecule has 6 aromatic carbocycles. The first-order valence-corrected chi connectivity index (χ1v) is 18.4. The SMILES string of the molecule is Cn1c2ccccc2c2ccc(N(C3=CCCC=C3)c3ccc(-n4c5ccc(-c6ccccc6)cc5c5cc(C6C=CC=CC6)ccc54)cc3)cc21. The van der Waals surface area contributed by atoms with Crippen LogP contribution in [0.5, 0.6) is 0 Å². The Bertz CT molecular complexity index is 2770. The molecular weight excluding hydrogens is 631 g/mol. The van der Waals surface area contributed by atoms with Crippen LogP contribution in [0.15, 0.2) is 182 Å². The molecule has 2 heterocycles. The van der Waals surface area contributed by atoms with Crippen LogP contribution in [0.1, 0.15) is 30.7 Å². The van der Waals surface area contributed by atoms with Crippen LogP contribution in [-0.2, 0) is 7.05 Å². The number of aryl methyl sites for hydroxylation is 1. The van der Waals surface area contributed by atoms with Crippen LogP contribution < -0.4 is 4.90 Å². The van der Waals surface area contributed by atoms with Gasteiger partial charge in [-0.15, -0.1) is 0 Å². The Hall–Kier alpha value is -6.32. The van der Waals surface area contributed by atoms with E-state index in [9.17, 15) is 0 Å². The zero-order chi connectivity index (χ0) is 34.6. The number of para-hydroxylation sites is 1. The van der Waals surface area contributed by atoms with Crippen molar-refractivity contribution >= 4 is 55.0 Å². The molecule has 8 aromatic rings. The third kappa shape index (κ3) is 5.04. The number of benzene rings is 6. The van der Waals surface area contributed by atoms with Crippen LogP contribution in [-0.4, -0.2) is 9.13 Å². The largest absolute Gasteiger partial charge is 0.344 e. The Kier molecular flexibility index (Phi) is 7.31. The minimum Gasteiger partial charge on any atom is -0.344 e. The maximum atomic E-state index is 2.44. The van der Waals surface area contributed by atoms with E-state index < -0.39 is 0 Å². The van der Waals surface area contributed by atoms with Gasteiger partial charge in [-0.1, -0.05) is 103 Å². The third-order valence-corrected chi connectivity index (χ3v) is 11.1. The number of nitrogens with zero attached hydrogens (tertiary/aromatic N) is 3. The average Bonchev–Trinajstić information content (AvgIpc) is 3.70. The molecule has 52 heavy (non-hydrogen) atoms. The minimum atomic E-state index is 0.395. The Balaban J connectivity index is 1.11. The molecule has 0 radical (unpaired) electrons. The monoisotopic (exact) mass is 669 g/mol. The molecule has 0 fully saturated rings. The van der Waals surface area contributed by atoms with Gasteiger partial charge in [0.05, 0.1) is 16.6 Å². The quantitative estimate of drug-likeness (QED) is 0.172. The first-order valence-electron chi connectivity index (χ1n) is 18.4. The molecule has 1 atom stereocenters. The fourth-order valence-electron chi connectivity index (χ4n) is 8.44. The summed E-state index contributed by atoms with van der Waals surface area (Å²) in [6.45, 7) is 0.